The summed E-state index contributed by atoms with van der Waals surface area (Å²) in [6, 6.07) is 8.40. The highest BCUT2D eigenvalue weighted by Gasteiger charge is 2.21. The fourth-order valence-electron chi connectivity index (χ4n) is 3.59. The quantitative estimate of drug-likeness (QED) is 0.772. The van der Waals surface area contributed by atoms with E-state index in [2.05, 4.69) is 49.0 Å². The number of hydrogen-bond acceptors (Lipinski definition) is 5. The molecule has 24 heavy (non-hydrogen) atoms. The first-order valence-electron chi connectivity index (χ1n) is 8.56. The lowest BCUT2D eigenvalue weighted by Crippen LogP contribution is -2.36. The molecule has 0 amide bonds. The molecule has 0 spiro atoms. The second kappa shape index (κ2) is 6.91. The summed E-state index contributed by atoms with van der Waals surface area (Å²) < 4.78 is 2.31. The van der Waals surface area contributed by atoms with E-state index in [4.69, 9.17) is 0 Å². The Bertz CT molecular complexity index is 808. The van der Waals surface area contributed by atoms with Gasteiger partial charge in [0, 0.05) is 37.8 Å². The van der Waals surface area contributed by atoms with Crippen LogP contribution in [0.2, 0.25) is 0 Å². The van der Waals surface area contributed by atoms with Gasteiger partial charge in [-0.3, -0.25) is 4.90 Å². The van der Waals surface area contributed by atoms with E-state index in [9.17, 15) is 0 Å². The Morgan fingerprint density at radius 2 is 2.21 bits per heavy atom. The lowest BCUT2D eigenvalue weighted by molar-refractivity contribution is 0.158. The summed E-state index contributed by atoms with van der Waals surface area (Å²) in [6.07, 6.45) is 6.57. The summed E-state index contributed by atoms with van der Waals surface area (Å²) in [6.45, 7) is 4.41. The SMILES string of the molecule is CNc1ncc(CN2CCCC(Cn3cnc4ccccc43)C2)s1. The van der Waals surface area contributed by atoms with Crippen molar-refractivity contribution < 1.29 is 0 Å². The van der Waals surface area contributed by atoms with Crippen LogP contribution >= 0.6 is 11.3 Å². The number of thiazole rings is 1. The van der Waals surface area contributed by atoms with Crippen LogP contribution < -0.4 is 5.32 Å². The molecular formula is C18H23N5S. The number of anilines is 1. The highest BCUT2D eigenvalue weighted by molar-refractivity contribution is 7.15. The number of rotatable bonds is 5. The van der Waals surface area contributed by atoms with E-state index in [0.29, 0.717) is 5.92 Å². The highest BCUT2D eigenvalue weighted by Crippen LogP contribution is 2.24. The summed E-state index contributed by atoms with van der Waals surface area (Å²) in [5, 5.41) is 4.12. The molecule has 0 bridgehead atoms. The first-order chi connectivity index (χ1) is 11.8. The molecule has 1 unspecified atom stereocenters. The van der Waals surface area contributed by atoms with Gasteiger partial charge in [0.15, 0.2) is 5.13 Å². The van der Waals surface area contributed by atoms with Crippen molar-refractivity contribution in [1.82, 2.24) is 19.4 Å². The van der Waals surface area contributed by atoms with Crippen LogP contribution in [0.1, 0.15) is 17.7 Å². The monoisotopic (exact) mass is 341 g/mol. The molecule has 0 aliphatic carbocycles. The van der Waals surface area contributed by atoms with E-state index in [1.54, 1.807) is 11.3 Å². The van der Waals surface area contributed by atoms with Gasteiger partial charge in [-0.2, -0.15) is 0 Å². The number of imidazole rings is 1. The first kappa shape index (κ1) is 15.6. The largest absolute Gasteiger partial charge is 0.365 e. The Morgan fingerprint density at radius 3 is 3.08 bits per heavy atom. The molecule has 1 aliphatic heterocycles. The molecule has 3 aromatic rings. The van der Waals surface area contributed by atoms with E-state index in [1.165, 1.54) is 29.8 Å². The summed E-state index contributed by atoms with van der Waals surface area (Å²) in [5.74, 6) is 0.688. The minimum atomic E-state index is 0.688. The molecular weight excluding hydrogens is 318 g/mol. The minimum absolute atomic E-state index is 0.688. The standard InChI is InChI=1S/C18H23N5S/c1-19-18-20-9-15(24-18)12-22-8-4-5-14(10-22)11-23-13-21-16-6-2-3-7-17(16)23/h2-3,6-7,9,13-14H,4-5,8,10-12H2,1H3,(H,19,20). The molecule has 1 N–H and O–H groups in total. The summed E-state index contributed by atoms with van der Waals surface area (Å²) in [4.78, 5) is 12.8. The van der Waals surface area contributed by atoms with E-state index < -0.39 is 0 Å². The van der Waals surface area contributed by atoms with Gasteiger partial charge in [-0.1, -0.05) is 12.1 Å². The van der Waals surface area contributed by atoms with Crippen LogP contribution in [0.3, 0.4) is 0 Å². The number of fused-ring (bicyclic) bond motifs is 1. The Morgan fingerprint density at radius 1 is 1.29 bits per heavy atom. The predicted octanol–water partition coefficient (Wildman–Crippen LogP) is 3.45. The van der Waals surface area contributed by atoms with Crippen molar-refractivity contribution in [2.75, 3.05) is 25.5 Å². The van der Waals surface area contributed by atoms with Gasteiger partial charge in [-0.15, -0.1) is 11.3 Å². The molecule has 1 aliphatic rings. The molecule has 0 radical (unpaired) electrons. The smallest absolute Gasteiger partial charge is 0.182 e. The average Bonchev–Trinajstić information content (AvgIpc) is 3.23. The molecule has 5 nitrogen and oxygen atoms in total. The van der Waals surface area contributed by atoms with Gasteiger partial charge < -0.3 is 9.88 Å². The number of nitrogens with zero attached hydrogens (tertiary/aromatic N) is 4. The van der Waals surface area contributed by atoms with Gasteiger partial charge in [0.25, 0.3) is 0 Å². The van der Waals surface area contributed by atoms with Crippen LogP contribution in [0.25, 0.3) is 11.0 Å². The normalized spacial score (nSPS) is 19.0. The lowest BCUT2D eigenvalue weighted by atomic mass is 9.98. The van der Waals surface area contributed by atoms with Crippen LogP contribution in [0.15, 0.2) is 36.8 Å². The van der Waals surface area contributed by atoms with Crippen molar-refractivity contribution in [3.8, 4) is 0 Å². The zero-order valence-corrected chi connectivity index (χ0v) is 14.8. The predicted molar refractivity (Wildman–Crippen MR) is 99.4 cm³/mol. The van der Waals surface area contributed by atoms with Crippen LogP contribution in [-0.4, -0.2) is 39.6 Å². The molecule has 1 atom stereocenters. The molecule has 1 fully saturated rings. The maximum atomic E-state index is 4.52. The van der Waals surface area contributed by atoms with Gasteiger partial charge in [0.05, 0.1) is 17.4 Å². The van der Waals surface area contributed by atoms with Crippen molar-refractivity contribution in [1.29, 1.82) is 0 Å². The molecule has 126 valence electrons. The topological polar surface area (TPSA) is 46.0 Å². The van der Waals surface area contributed by atoms with Crippen molar-refractivity contribution in [2.24, 2.45) is 5.92 Å². The van der Waals surface area contributed by atoms with Crippen LogP contribution in [0.4, 0.5) is 5.13 Å². The zero-order valence-electron chi connectivity index (χ0n) is 14.0. The Hall–Kier alpha value is -1.92. The second-order valence-corrected chi connectivity index (χ2v) is 7.63. The number of likely N-dealkylation sites (tertiary alicyclic amines) is 1. The van der Waals surface area contributed by atoms with Crippen LogP contribution in [0.5, 0.6) is 0 Å². The maximum absolute atomic E-state index is 4.52. The average molecular weight is 341 g/mol. The fraction of sp³-hybridized carbons (Fsp3) is 0.444. The molecule has 4 rings (SSSR count). The van der Waals surface area contributed by atoms with E-state index in [-0.39, 0.29) is 0 Å². The Kier molecular flexibility index (Phi) is 4.49. The first-order valence-corrected chi connectivity index (χ1v) is 9.38. The van der Waals surface area contributed by atoms with Crippen molar-refractivity contribution in [3.05, 3.63) is 41.7 Å². The van der Waals surface area contributed by atoms with Crippen LogP contribution in [-0.2, 0) is 13.1 Å². The summed E-state index contributed by atoms with van der Waals surface area (Å²) >= 11 is 1.76. The van der Waals surface area contributed by atoms with Crippen molar-refractivity contribution in [3.63, 3.8) is 0 Å². The molecule has 2 aromatic heterocycles. The van der Waals surface area contributed by atoms with E-state index in [1.807, 2.05) is 19.6 Å². The highest BCUT2D eigenvalue weighted by atomic mass is 32.1. The van der Waals surface area contributed by atoms with Gasteiger partial charge in [0.2, 0.25) is 0 Å². The van der Waals surface area contributed by atoms with E-state index in [0.717, 1.165) is 30.3 Å². The second-order valence-electron chi connectivity index (χ2n) is 6.51. The third-order valence-corrected chi connectivity index (χ3v) is 5.73. The molecule has 0 saturated carbocycles. The molecule has 1 saturated heterocycles. The number of hydrogen-bond donors (Lipinski definition) is 1. The van der Waals surface area contributed by atoms with Crippen molar-refractivity contribution >= 4 is 27.5 Å². The number of nitrogens with one attached hydrogen (secondary N) is 1. The third-order valence-electron chi connectivity index (χ3n) is 4.73. The molecule has 6 heteroatoms. The van der Waals surface area contributed by atoms with Crippen LogP contribution in [0, 0.1) is 5.92 Å². The fourth-order valence-corrected chi connectivity index (χ4v) is 4.40. The zero-order chi connectivity index (χ0) is 16.4. The third kappa shape index (κ3) is 3.30. The summed E-state index contributed by atoms with van der Waals surface area (Å²) in [7, 11) is 1.93. The Balaban J connectivity index is 1.41. The van der Waals surface area contributed by atoms with Gasteiger partial charge in [-0.05, 0) is 37.4 Å². The lowest BCUT2D eigenvalue weighted by Gasteiger charge is -2.32. The van der Waals surface area contributed by atoms with E-state index >= 15 is 0 Å². The van der Waals surface area contributed by atoms with Crippen molar-refractivity contribution in [2.45, 2.75) is 25.9 Å². The maximum Gasteiger partial charge on any atom is 0.182 e. The minimum Gasteiger partial charge on any atom is -0.365 e. The number of para-hydroxylation sites is 2. The molecule has 3 heterocycles. The Labute approximate surface area is 146 Å². The van der Waals surface area contributed by atoms with Gasteiger partial charge >= 0.3 is 0 Å². The number of piperidine rings is 1. The molecule has 1 aromatic carbocycles. The number of aromatic nitrogens is 3. The summed E-state index contributed by atoms with van der Waals surface area (Å²) in [5.41, 5.74) is 2.34. The number of benzene rings is 1. The van der Waals surface area contributed by atoms with Gasteiger partial charge in [0.1, 0.15) is 0 Å². The van der Waals surface area contributed by atoms with Gasteiger partial charge in [-0.25, -0.2) is 9.97 Å².